The standard InChI is InChI=1S/C28H31BO2P2Si/c1-30-25-17-9-11-19-27(25)32-21-29(22-33-28-20-12-10-18-26(28)31-2)34(23-13-5-3-6-14-23)24-15-7-4-8-16-24/h3-20,32-34H,21-22H2,1-2H3. The minimum absolute atomic E-state index is 0.622. The first kappa shape index (κ1) is 24.7. The summed E-state index contributed by atoms with van der Waals surface area (Å²) in [5, 5.41) is 5.69. The zero-order valence-corrected chi connectivity index (χ0v) is 22.9. The van der Waals surface area contributed by atoms with E-state index in [1.54, 1.807) is 14.2 Å². The number of rotatable bonds is 11. The molecule has 0 aromatic heterocycles. The van der Waals surface area contributed by atoms with Crippen LogP contribution in [0.3, 0.4) is 0 Å². The molecule has 0 aliphatic heterocycles. The van der Waals surface area contributed by atoms with Crippen molar-refractivity contribution in [3.8, 4) is 11.5 Å². The predicted octanol–water partition coefficient (Wildman–Crippen LogP) is 3.70. The number of methoxy groups -OCH3 is 2. The van der Waals surface area contributed by atoms with Crippen LogP contribution < -0.4 is 30.5 Å². The molecule has 2 atom stereocenters. The lowest BCUT2D eigenvalue weighted by Gasteiger charge is -2.25. The van der Waals surface area contributed by atoms with Gasteiger partial charge in [-0.3, -0.25) is 0 Å². The average molecular weight is 500 g/mol. The maximum absolute atomic E-state index is 5.67. The molecule has 0 N–H and O–H groups in total. The van der Waals surface area contributed by atoms with E-state index in [2.05, 4.69) is 109 Å². The second-order valence-corrected chi connectivity index (χ2v) is 14.1. The van der Waals surface area contributed by atoms with Crippen molar-refractivity contribution in [2.75, 3.05) is 26.3 Å². The van der Waals surface area contributed by atoms with Crippen molar-refractivity contribution in [2.45, 2.75) is 0 Å². The molecule has 2 unspecified atom stereocenters. The molecule has 0 saturated carbocycles. The van der Waals surface area contributed by atoms with Gasteiger partial charge in [-0.15, -0.1) is 0 Å². The van der Waals surface area contributed by atoms with Crippen molar-refractivity contribution in [1.29, 1.82) is 0 Å². The Bertz CT molecular complexity index is 1070. The first-order valence-electron chi connectivity index (χ1n) is 11.6. The molecule has 172 valence electrons. The van der Waals surface area contributed by atoms with Gasteiger partial charge in [-0.2, -0.15) is 0 Å². The molecule has 34 heavy (non-hydrogen) atoms. The van der Waals surface area contributed by atoms with Gasteiger partial charge in [0.05, 0.1) is 22.9 Å². The molecule has 0 aliphatic carbocycles. The van der Waals surface area contributed by atoms with E-state index in [0.29, 0.717) is 6.31 Å². The zero-order valence-electron chi connectivity index (χ0n) is 19.8. The Balaban J connectivity index is 1.67. The summed E-state index contributed by atoms with van der Waals surface area (Å²) >= 11 is 0. The molecule has 0 amide bonds. The lowest BCUT2D eigenvalue weighted by atomic mass is 9.82. The maximum atomic E-state index is 5.67. The maximum Gasteiger partial charge on any atom is 0.150 e. The zero-order chi connectivity index (χ0) is 23.6. The van der Waals surface area contributed by atoms with Crippen molar-refractivity contribution < 1.29 is 9.47 Å². The Morgan fingerprint density at radius 1 is 0.559 bits per heavy atom. The Kier molecular flexibility index (Phi) is 9.39. The van der Waals surface area contributed by atoms with Crippen molar-refractivity contribution in [3.05, 3.63) is 109 Å². The van der Waals surface area contributed by atoms with Gasteiger partial charge in [-0.1, -0.05) is 137 Å². The van der Waals surface area contributed by atoms with Crippen molar-refractivity contribution in [2.24, 2.45) is 0 Å². The molecule has 0 bridgehead atoms. The molecular weight excluding hydrogens is 469 g/mol. The summed E-state index contributed by atoms with van der Waals surface area (Å²) in [6, 6.07) is 41.7. The normalized spacial score (nSPS) is 11.5. The summed E-state index contributed by atoms with van der Waals surface area (Å²) in [5.41, 5.74) is 0. The van der Waals surface area contributed by atoms with Crippen LogP contribution in [-0.2, 0) is 0 Å². The third-order valence-corrected chi connectivity index (χ3v) is 13.7. The third kappa shape index (κ3) is 6.39. The van der Waals surface area contributed by atoms with E-state index in [0.717, 1.165) is 28.7 Å². The Morgan fingerprint density at radius 2 is 0.941 bits per heavy atom. The van der Waals surface area contributed by atoms with Crippen LogP contribution in [0.1, 0.15) is 0 Å². The Labute approximate surface area is 209 Å². The minimum Gasteiger partial charge on any atom is -0.496 e. The summed E-state index contributed by atoms with van der Waals surface area (Å²) in [6.45, 7) is 0. The fourth-order valence-corrected chi connectivity index (χ4v) is 12.5. The number of para-hydroxylation sites is 2. The van der Waals surface area contributed by atoms with Crippen LogP contribution in [0.5, 0.6) is 11.5 Å². The van der Waals surface area contributed by atoms with Gasteiger partial charge in [0.1, 0.15) is 11.5 Å². The topological polar surface area (TPSA) is 18.5 Å². The quantitative estimate of drug-likeness (QED) is 0.231. The molecule has 6 heteroatoms. The number of benzene rings is 4. The van der Waals surface area contributed by atoms with Gasteiger partial charge in [0, 0.05) is 10.6 Å². The highest BCUT2D eigenvalue weighted by atomic mass is 31.1. The smallest absolute Gasteiger partial charge is 0.150 e. The van der Waals surface area contributed by atoms with Crippen molar-refractivity contribution in [1.82, 2.24) is 0 Å². The Morgan fingerprint density at radius 3 is 1.35 bits per heavy atom. The van der Waals surface area contributed by atoms with Crippen LogP contribution >= 0.6 is 17.2 Å². The van der Waals surface area contributed by atoms with E-state index in [1.165, 1.54) is 33.1 Å². The van der Waals surface area contributed by atoms with Crippen LogP contribution in [0.4, 0.5) is 0 Å². The molecular formula is C28H31BO2P2Si. The highest BCUT2D eigenvalue weighted by molar-refractivity contribution is 7.59. The molecule has 4 rings (SSSR count). The summed E-state index contributed by atoms with van der Waals surface area (Å²) in [7, 11) is 3.52. The van der Waals surface area contributed by atoms with Crippen molar-refractivity contribution in [3.63, 3.8) is 0 Å². The monoisotopic (exact) mass is 500 g/mol. The average Bonchev–Trinajstić information content (AvgIpc) is 2.91. The largest absolute Gasteiger partial charge is 0.496 e. The molecule has 0 saturated heterocycles. The first-order chi connectivity index (χ1) is 16.8. The molecule has 4 aromatic carbocycles. The van der Waals surface area contributed by atoms with E-state index >= 15 is 0 Å². The molecule has 0 aliphatic rings. The van der Waals surface area contributed by atoms with Gasteiger partial charge < -0.3 is 9.47 Å². The van der Waals surface area contributed by atoms with Crippen molar-refractivity contribution >= 4 is 53.1 Å². The summed E-state index contributed by atoms with van der Waals surface area (Å²) in [4.78, 5) is 0. The van der Waals surface area contributed by atoms with E-state index in [-0.39, 0.29) is 0 Å². The molecule has 4 aromatic rings. The van der Waals surface area contributed by atoms with Gasteiger partial charge in [0.15, 0.2) is 6.31 Å². The molecule has 0 heterocycles. The van der Waals surface area contributed by atoms with E-state index in [9.17, 15) is 0 Å². The lowest BCUT2D eigenvalue weighted by Crippen LogP contribution is -2.57. The van der Waals surface area contributed by atoms with Crippen LogP contribution in [0.25, 0.3) is 0 Å². The van der Waals surface area contributed by atoms with Crippen LogP contribution in [0, 0.1) is 0 Å². The SMILES string of the molecule is COc1ccccc1PCB(CPc1ccccc1OC)[SiH](c1ccccc1)c1ccccc1. The molecule has 0 radical (unpaired) electrons. The van der Waals surface area contributed by atoms with E-state index in [4.69, 9.17) is 9.47 Å². The van der Waals surface area contributed by atoms with Crippen LogP contribution in [0.15, 0.2) is 109 Å². The second-order valence-electron chi connectivity index (χ2n) is 8.22. The Hall–Kier alpha value is -2.38. The highest BCUT2D eigenvalue weighted by Crippen LogP contribution is 2.25. The van der Waals surface area contributed by atoms with E-state index < -0.39 is 8.67 Å². The highest BCUT2D eigenvalue weighted by Gasteiger charge is 2.30. The van der Waals surface area contributed by atoms with E-state index in [1.807, 2.05) is 0 Å². The van der Waals surface area contributed by atoms with Gasteiger partial charge in [0.2, 0.25) is 0 Å². The summed E-state index contributed by atoms with van der Waals surface area (Å²) < 4.78 is 11.3. The number of hydrogen-bond donors (Lipinski definition) is 0. The number of hydrogen-bond acceptors (Lipinski definition) is 2. The second kappa shape index (κ2) is 12.9. The van der Waals surface area contributed by atoms with Crippen LogP contribution in [-0.4, -0.2) is 41.3 Å². The summed E-state index contributed by atoms with van der Waals surface area (Å²) in [6.07, 6.45) is 0.622. The van der Waals surface area contributed by atoms with Gasteiger partial charge in [-0.05, 0) is 12.1 Å². The fourth-order valence-electron chi connectivity index (χ4n) is 4.43. The van der Waals surface area contributed by atoms with Gasteiger partial charge in [-0.25, -0.2) is 0 Å². The third-order valence-electron chi connectivity index (χ3n) is 6.11. The number of ether oxygens (including phenoxy) is 2. The summed E-state index contributed by atoms with van der Waals surface area (Å²) in [5.74, 6) is 2.01. The van der Waals surface area contributed by atoms with Crippen LogP contribution in [0.2, 0.25) is 0 Å². The predicted molar refractivity (Wildman–Crippen MR) is 157 cm³/mol. The lowest BCUT2D eigenvalue weighted by molar-refractivity contribution is 0.418. The van der Waals surface area contributed by atoms with Gasteiger partial charge >= 0.3 is 0 Å². The molecule has 0 fully saturated rings. The first-order valence-corrected chi connectivity index (χ1v) is 15.9. The molecule has 0 spiro atoms. The molecule has 2 nitrogen and oxygen atoms in total. The van der Waals surface area contributed by atoms with Gasteiger partial charge in [0.25, 0.3) is 0 Å². The fraction of sp³-hybridized carbons (Fsp3) is 0.143. The minimum atomic E-state index is -1.46.